The molecular formula is C16H28N2O5. The summed E-state index contributed by atoms with van der Waals surface area (Å²) in [6.07, 6.45) is 3.25. The van der Waals surface area contributed by atoms with E-state index in [4.69, 9.17) is 0 Å². The van der Waals surface area contributed by atoms with Gasteiger partial charge in [-0.1, -0.05) is 13.0 Å². The highest BCUT2D eigenvalue weighted by atomic mass is 16.5. The fraction of sp³-hybridized carbons (Fsp3) is 0.625. The molecule has 0 fully saturated rings. The molecule has 1 unspecified atom stereocenters. The van der Waals surface area contributed by atoms with Gasteiger partial charge in [0.05, 0.1) is 32.4 Å². The Bertz CT molecular complexity index is 444. The maximum Gasteiger partial charge on any atom is 0.335 e. The number of carbonyl (C=O) groups is 3. The Labute approximate surface area is 138 Å². The van der Waals surface area contributed by atoms with E-state index >= 15 is 0 Å². The van der Waals surface area contributed by atoms with E-state index in [-0.39, 0.29) is 24.7 Å². The van der Waals surface area contributed by atoms with E-state index in [0.717, 1.165) is 0 Å². The number of hydrogen-bond donors (Lipinski definition) is 0. The normalized spacial score (nSPS) is 12.0. The molecule has 0 rings (SSSR count). The molecule has 0 bridgehead atoms. The Kier molecular flexibility index (Phi) is 13.5. The molecular weight excluding hydrogens is 300 g/mol. The van der Waals surface area contributed by atoms with Gasteiger partial charge in [-0.05, 0) is 20.8 Å². The van der Waals surface area contributed by atoms with Crippen molar-refractivity contribution in [2.24, 2.45) is 4.99 Å². The average Bonchev–Trinajstić information content (AvgIpc) is 2.55. The minimum atomic E-state index is -0.544. The van der Waals surface area contributed by atoms with E-state index in [9.17, 15) is 14.4 Å². The molecule has 132 valence electrons. The number of ketones is 1. The predicted molar refractivity (Wildman–Crippen MR) is 89.3 cm³/mol. The summed E-state index contributed by atoms with van der Waals surface area (Å²) in [4.78, 5) is 39.6. The monoisotopic (exact) mass is 328 g/mol. The summed E-state index contributed by atoms with van der Waals surface area (Å²) >= 11 is 0. The molecule has 0 saturated carbocycles. The molecule has 0 N–H and O–H groups in total. The maximum absolute atomic E-state index is 11.8. The van der Waals surface area contributed by atoms with E-state index in [1.807, 2.05) is 0 Å². The van der Waals surface area contributed by atoms with Crippen LogP contribution in [0.1, 0.15) is 34.1 Å². The van der Waals surface area contributed by atoms with Crippen molar-refractivity contribution < 1.29 is 23.9 Å². The Morgan fingerprint density at radius 1 is 1.26 bits per heavy atom. The number of Topliss-reactive ketones (excluding diaryl/α,β-unsaturated/α-hetero) is 1. The van der Waals surface area contributed by atoms with Gasteiger partial charge < -0.3 is 14.4 Å². The topological polar surface area (TPSA) is 85.3 Å². The molecule has 7 nitrogen and oxygen atoms in total. The molecule has 0 aromatic heterocycles. The lowest BCUT2D eigenvalue weighted by atomic mass is 10.1. The molecule has 0 heterocycles. The van der Waals surface area contributed by atoms with Crippen molar-refractivity contribution in [1.29, 1.82) is 0 Å². The van der Waals surface area contributed by atoms with Crippen LogP contribution in [-0.2, 0) is 23.9 Å². The van der Waals surface area contributed by atoms with Gasteiger partial charge in [-0.25, -0.2) is 4.79 Å². The number of carbonyl (C=O) groups excluding carboxylic acids is 3. The molecule has 0 aliphatic carbocycles. The smallest absolute Gasteiger partial charge is 0.335 e. The van der Waals surface area contributed by atoms with Crippen LogP contribution in [0.25, 0.3) is 0 Å². The van der Waals surface area contributed by atoms with Gasteiger partial charge >= 0.3 is 5.97 Å². The number of rotatable bonds is 7. The van der Waals surface area contributed by atoms with Crippen molar-refractivity contribution in [2.75, 3.05) is 27.8 Å². The summed E-state index contributed by atoms with van der Waals surface area (Å²) < 4.78 is 9.03. The summed E-state index contributed by atoms with van der Waals surface area (Å²) in [7, 11) is 4.50. The van der Waals surface area contributed by atoms with Crippen molar-refractivity contribution in [3.05, 3.63) is 11.6 Å². The first-order chi connectivity index (χ1) is 10.8. The Hall–Kier alpha value is -2.18. The van der Waals surface area contributed by atoms with Gasteiger partial charge in [-0.3, -0.25) is 14.6 Å². The second-order valence-corrected chi connectivity index (χ2v) is 4.57. The largest absolute Gasteiger partial charge is 0.487 e. The standard InChI is InChI=1S/C13H21NO4.C3H7NO/c1-6-11(13(17)18-5)8-14(12(16)7-2)9(3)10(4)15;1-4-3-5-2/h6,9H,7-8H2,1-5H3;3H,1-2H3/b11-6+;. The fourth-order valence-corrected chi connectivity index (χ4v) is 1.56. The lowest BCUT2D eigenvalue weighted by Crippen LogP contribution is -2.44. The van der Waals surface area contributed by atoms with Gasteiger partial charge in [-0.2, -0.15) is 0 Å². The highest BCUT2D eigenvalue weighted by molar-refractivity contribution is 5.91. The van der Waals surface area contributed by atoms with Crippen molar-refractivity contribution >= 4 is 24.1 Å². The Balaban J connectivity index is 0. The van der Waals surface area contributed by atoms with E-state index in [1.165, 1.54) is 25.3 Å². The van der Waals surface area contributed by atoms with E-state index < -0.39 is 12.0 Å². The fourth-order valence-electron chi connectivity index (χ4n) is 1.56. The van der Waals surface area contributed by atoms with Crippen LogP contribution < -0.4 is 0 Å². The van der Waals surface area contributed by atoms with Gasteiger partial charge in [0, 0.05) is 13.5 Å². The first-order valence-corrected chi connectivity index (χ1v) is 7.27. The minimum absolute atomic E-state index is 0.0938. The number of nitrogens with zero attached hydrogens (tertiary/aromatic N) is 2. The number of aliphatic imine (C=N–C) groups is 1. The van der Waals surface area contributed by atoms with Crippen LogP contribution >= 0.6 is 0 Å². The second-order valence-electron chi connectivity index (χ2n) is 4.57. The number of ether oxygens (including phenoxy) is 2. The summed E-state index contributed by atoms with van der Waals surface area (Å²) in [5, 5.41) is 0. The van der Waals surface area contributed by atoms with Gasteiger partial charge in [-0.15, -0.1) is 0 Å². The molecule has 0 radical (unpaired) electrons. The zero-order chi connectivity index (χ0) is 18.4. The third kappa shape index (κ3) is 9.44. The predicted octanol–water partition coefficient (Wildman–Crippen LogP) is 1.61. The van der Waals surface area contributed by atoms with Gasteiger partial charge in [0.1, 0.15) is 0 Å². The maximum atomic E-state index is 11.8. The minimum Gasteiger partial charge on any atom is -0.487 e. The van der Waals surface area contributed by atoms with Crippen LogP contribution in [0, 0.1) is 0 Å². The molecule has 1 atom stereocenters. The molecule has 1 amide bonds. The van der Waals surface area contributed by atoms with Crippen molar-refractivity contribution in [3.63, 3.8) is 0 Å². The highest BCUT2D eigenvalue weighted by Gasteiger charge is 2.24. The molecule has 0 spiro atoms. The summed E-state index contributed by atoms with van der Waals surface area (Å²) in [5.74, 6) is -0.764. The van der Waals surface area contributed by atoms with Crippen LogP contribution in [0.15, 0.2) is 16.6 Å². The van der Waals surface area contributed by atoms with Crippen LogP contribution in [0.3, 0.4) is 0 Å². The molecule has 0 saturated heterocycles. The third-order valence-corrected chi connectivity index (χ3v) is 3.03. The second kappa shape index (κ2) is 13.5. The van der Waals surface area contributed by atoms with Gasteiger partial charge in [0.25, 0.3) is 0 Å². The number of allylic oxidation sites excluding steroid dienone is 1. The molecule has 0 aliphatic heterocycles. The van der Waals surface area contributed by atoms with Crippen molar-refractivity contribution in [2.45, 2.75) is 40.2 Å². The number of esters is 1. The van der Waals surface area contributed by atoms with Gasteiger partial charge in [0.15, 0.2) is 12.2 Å². The summed E-state index contributed by atoms with van der Waals surface area (Å²) in [6, 6.07) is -0.544. The molecule has 0 aromatic rings. The molecule has 0 aromatic carbocycles. The zero-order valence-corrected chi connectivity index (χ0v) is 15.1. The molecule has 23 heavy (non-hydrogen) atoms. The van der Waals surface area contributed by atoms with Crippen LogP contribution in [0.5, 0.6) is 0 Å². The molecule has 7 heteroatoms. The summed E-state index contributed by atoms with van der Waals surface area (Å²) in [5.41, 5.74) is 0.368. The van der Waals surface area contributed by atoms with E-state index in [0.29, 0.717) is 5.57 Å². The zero-order valence-electron chi connectivity index (χ0n) is 15.1. The lowest BCUT2D eigenvalue weighted by molar-refractivity contribution is -0.140. The SMILES string of the molecule is C/C=C(\CN(C(=O)CC)C(C)C(C)=O)C(=O)OC.CN=COC. The van der Waals surface area contributed by atoms with Crippen LogP contribution in [-0.4, -0.2) is 62.8 Å². The Morgan fingerprint density at radius 3 is 2.09 bits per heavy atom. The number of amides is 1. The van der Waals surface area contributed by atoms with E-state index in [1.54, 1.807) is 41.0 Å². The number of methoxy groups -OCH3 is 2. The molecule has 0 aliphatic rings. The average molecular weight is 328 g/mol. The van der Waals surface area contributed by atoms with Crippen LogP contribution in [0.2, 0.25) is 0 Å². The van der Waals surface area contributed by atoms with E-state index in [2.05, 4.69) is 14.5 Å². The Morgan fingerprint density at radius 2 is 1.83 bits per heavy atom. The third-order valence-electron chi connectivity index (χ3n) is 3.03. The van der Waals surface area contributed by atoms with Gasteiger partial charge in [0.2, 0.25) is 5.91 Å². The first kappa shape index (κ1) is 23.1. The van der Waals surface area contributed by atoms with Crippen molar-refractivity contribution in [1.82, 2.24) is 4.90 Å². The lowest BCUT2D eigenvalue weighted by Gasteiger charge is -2.27. The van der Waals surface area contributed by atoms with Crippen LogP contribution in [0.4, 0.5) is 0 Å². The number of hydrogen-bond acceptors (Lipinski definition) is 6. The highest BCUT2D eigenvalue weighted by Crippen LogP contribution is 2.09. The first-order valence-electron chi connectivity index (χ1n) is 7.27. The summed E-state index contributed by atoms with van der Waals surface area (Å²) in [6.45, 7) is 6.58. The van der Waals surface area contributed by atoms with Crippen molar-refractivity contribution in [3.8, 4) is 0 Å². The quantitative estimate of drug-likeness (QED) is 0.307.